The second-order valence-corrected chi connectivity index (χ2v) is 7.62. The van der Waals surface area contributed by atoms with Crippen LogP contribution in [0, 0.1) is 0 Å². The molecule has 0 amide bonds. The highest BCUT2D eigenvalue weighted by Gasteiger charge is 2.30. The maximum atomic E-state index is 12.7. The number of carbonyl (C=O) groups excluding carboxylic acids is 3. The maximum absolute atomic E-state index is 12.7. The largest absolute Gasteiger partial charge is 0.506 e. The van der Waals surface area contributed by atoms with Gasteiger partial charge in [-0.15, -0.1) is 22.7 Å². The van der Waals surface area contributed by atoms with E-state index in [1.807, 2.05) is 5.38 Å². The van der Waals surface area contributed by atoms with Crippen molar-refractivity contribution in [3.05, 3.63) is 63.2 Å². The number of aromatic hydroxyl groups is 1. The Balaban J connectivity index is 0.00000101. The fourth-order valence-electron chi connectivity index (χ4n) is 2.41. The molecule has 1 aromatic carbocycles. The Labute approximate surface area is 177 Å². The molecular formula is C20H14F3NO4S2. The number of ketones is 1. The fraction of sp³-hybridized carbons (Fsp3) is 0.150. The quantitative estimate of drug-likeness (QED) is 0.419. The third-order valence-corrected chi connectivity index (χ3v) is 5.81. The van der Waals surface area contributed by atoms with E-state index in [4.69, 9.17) is 9.59 Å². The number of hydrogen-bond donors (Lipinski definition) is 1. The minimum absolute atomic E-state index is 0.0305. The van der Waals surface area contributed by atoms with Crippen LogP contribution in [-0.2, 0) is 15.8 Å². The first kappa shape index (κ1) is 23.2. The van der Waals surface area contributed by atoms with Crippen LogP contribution in [0.15, 0.2) is 52.2 Å². The van der Waals surface area contributed by atoms with Crippen molar-refractivity contribution in [2.45, 2.75) is 13.1 Å². The minimum atomic E-state index is -4.40. The van der Waals surface area contributed by atoms with Crippen LogP contribution in [0.5, 0.6) is 5.75 Å². The summed E-state index contributed by atoms with van der Waals surface area (Å²) in [6, 6.07) is 8.12. The lowest BCUT2D eigenvalue weighted by molar-refractivity contribution is -0.191. The van der Waals surface area contributed by atoms with E-state index in [-0.39, 0.29) is 24.2 Å². The minimum Gasteiger partial charge on any atom is -0.506 e. The van der Waals surface area contributed by atoms with E-state index in [2.05, 4.69) is 4.99 Å². The van der Waals surface area contributed by atoms with Gasteiger partial charge >= 0.3 is 12.3 Å². The second-order valence-electron chi connectivity index (χ2n) is 5.79. The first-order valence-electron chi connectivity index (χ1n) is 8.24. The van der Waals surface area contributed by atoms with Crippen LogP contribution >= 0.6 is 22.7 Å². The number of thiophene rings is 2. The molecule has 0 atom stereocenters. The molecular weight excluding hydrogens is 439 g/mol. The molecule has 0 bridgehead atoms. The molecule has 2 aromatic heterocycles. The maximum Gasteiger partial charge on any atom is 0.416 e. The zero-order valence-corrected chi connectivity index (χ0v) is 17.0. The van der Waals surface area contributed by atoms with Crippen molar-refractivity contribution in [3.63, 3.8) is 0 Å². The number of hydrogen-bond acceptors (Lipinski definition) is 7. The summed E-state index contributed by atoms with van der Waals surface area (Å²) in [4.78, 5) is 33.6. The summed E-state index contributed by atoms with van der Waals surface area (Å²) >= 11 is 2.55. The average Bonchev–Trinajstić information content (AvgIpc) is 3.36. The molecule has 0 fully saturated rings. The summed E-state index contributed by atoms with van der Waals surface area (Å²) < 4.78 is 38.0. The van der Waals surface area contributed by atoms with Crippen molar-refractivity contribution in [2.75, 3.05) is 6.54 Å². The number of rotatable bonds is 5. The first-order valence-corrected chi connectivity index (χ1v) is 10.0. The van der Waals surface area contributed by atoms with Gasteiger partial charge in [-0.05, 0) is 36.1 Å². The van der Waals surface area contributed by atoms with Crippen LogP contribution in [0.2, 0.25) is 0 Å². The van der Waals surface area contributed by atoms with Crippen LogP contribution in [0.1, 0.15) is 27.7 Å². The van der Waals surface area contributed by atoms with Crippen molar-refractivity contribution >= 4 is 40.3 Å². The van der Waals surface area contributed by atoms with E-state index in [0.717, 1.165) is 12.1 Å². The third-order valence-electron chi connectivity index (χ3n) is 3.88. The van der Waals surface area contributed by atoms with Crippen LogP contribution < -0.4 is 0 Å². The van der Waals surface area contributed by atoms with E-state index in [9.17, 15) is 23.1 Å². The summed E-state index contributed by atoms with van der Waals surface area (Å²) in [7, 11) is 0. The Morgan fingerprint density at radius 2 is 1.77 bits per heavy atom. The molecule has 1 N–H and O–H groups in total. The predicted molar refractivity (Wildman–Crippen MR) is 107 cm³/mol. The SMILES string of the molecule is CC(=NCC(=O)c1cccs1)c1csc(-c2ccc(C(F)(F)F)cc2)c1O.O=C=O. The zero-order chi connectivity index (χ0) is 22.3. The van der Waals surface area contributed by atoms with Gasteiger partial charge in [-0.3, -0.25) is 9.79 Å². The molecule has 30 heavy (non-hydrogen) atoms. The Kier molecular flexibility index (Phi) is 7.82. The summed E-state index contributed by atoms with van der Waals surface area (Å²) in [5, 5.41) is 13.9. The van der Waals surface area contributed by atoms with Crippen LogP contribution in [-0.4, -0.2) is 29.3 Å². The molecule has 10 heteroatoms. The highest BCUT2D eigenvalue weighted by molar-refractivity contribution is 7.14. The van der Waals surface area contributed by atoms with Gasteiger partial charge in [0.1, 0.15) is 12.3 Å². The summed E-state index contributed by atoms with van der Waals surface area (Å²) in [6.07, 6.45) is -4.15. The Morgan fingerprint density at radius 1 is 1.13 bits per heavy atom. The van der Waals surface area contributed by atoms with Gasteiger partial charge in [0.25, 0.3) is 0 Å². The molecule has 0 aliphatic carbocycles. The summed E-state index contributed by atoms with van der Waals surface area (Å²) in [6.45, 7) is 1.65. The second kappa shape index (κ2) is 10.1. The highest BCUT2D eigenvalue weighted by atomic mass is 32.1. The Morgan fingerprint density at radius 3 is 2.30 bits per heavy atom. The summed E-state index contributed by atoms with van der Waals surface area (Å²) in [5.74, 6) is -0.161. The molecule has 2 heterocycles. The molecule has 0 saturated carbocycles. The molecule has 156 valence electrons. The number of halogens is 3. The lowest BCUT2D eigenvalue weighted by atomic mass is 10.1. The van der Waals surface area contributed by atoms with Crippen molar-refractivity contribution in [1.29, 1.82) is 0 Å². The van der Waals surface area contributed by atoms with Gasteiger partial charge in [0.15, 0.2) is 5.78 Å². The van der Waals surface area contributed by atoms with Gasteiger partial charge in [0.05, 0.1) is 15.3 Å². The molecule has 3 aromatic rings. The van der Waals surface area contributed by atoms with Crippen LogP contribution in [0.25, 0.3) is 10.4 Å². The van der Waals surface area contributed by atoms with Gasteiger partial charge < -0.3 is 5.11 Å². The molecule has 0 saturated heterocycles. The van der Waals surface area contributed by atoms with E-state index >= 15 is 0 Å². The van der Waals surface area contributed by atoms with Gasteiger partial charge in [0, 0.05) is 16.7 Å². The molecule has 0 radical (unpaired) electrons. The Bertz CT molecular complexity index is 1060. The van der Waals surface area contributed by atoms with Crippen molar-refractivity contribution < 1.29 is 32.7 Å². The van der Waals surface area contributed by atoms with Gasteiger partial charge in [0.2, 0.25) is 0 Å². The monoisotopic (exact) mass is 453 g/mol. The third kappa shape index (κ3) is 5.73. The molecule has 3 rings (SSSR count). The lowest BCUT2D eigenvalue weighted by Gasteiger charge is -2.07. The number of carbonyl (C=O) groups is 1. The van der Waals surface area contributed by atoms with E-state index < -0.39 is 11.7 Å². The molecule has 0 spiro atoms. The van der Waals surface area contributed by atoms with Gasteiger partial charge in [-0.25, -0.2) is 0 Å². The average molecular weight is 453 g/mol. The smallest absolute Gasteiger partial charge is 0.416 e. The molecule has 0 aliphatic rings. The highest BCUT2D eigenvalue weighted by Crippen LogP contribution is 2.40. The predicted octanol–water partition coefficient (Wildman–Crippen LogP) is 5.31. The standard InChI is InChI=1S/C19H14F3NO2S2.CO2/c1-11(23-9-15(24)16-3-2-8-26-16)14-10-27-18(17(14)25)12-4-6-13(7-5-12)19(20,21)22;2-1-3/h2-8,10,25H,9H2,1H3;. The van der Waals surface area contributed by atoms with Crippen molar-refractivity contribution in [3.8, 4) is 16.2 Å². The van der Waals surface area contributed by atoms with Crippen molar-refractivity contribution in [1.82, 2.24) is 0 Å². The van der Waals surface area contributed by atoms with Gasteiger partial charge in [-0.2, -0.15) is 22.8 Å². The molecule has 0 unspecified atom stereocenters. The van der Waals surface area contributed by atoms with E-state index in [1.165, 1.54) is 34.8 Å². The van der Waals surface area contributed by atoms with E-state index in [0.29, 0.717) is 26.6 Å². The lowest BCUT2D eigenvalue weighted by Crippen LogP contribution is -2.04. The number of nitrogens with zero attached hydrogens (tertiary/aromatic N) is 1. The van der Waals surface area contributed by atoms with Crippen LogP contribution in [0.4, 0.5) is 13.2 Å². The number of benzene rings is 1. The van der Waals surface area contributed by atoms with E-state index in [1.54, 1.807) is 24.4 Å². The van der Waals surface area contributed by atoms with Gasteiger partial charge in [-0.1, -0.05) is 18.2 Å². The fourth-order valence-corrected chi connectivity index (χ4v) is 4.08. The summed E-state index contributed by atoms with van der Waals surface area (Å²) in [5.41, 5.74) is 0.701. The number of aliphatic imine (C=N–C) groups is 1. The molecule has 0 aliphatic heterocycles. The number of alkyl halides is 3. The normalized spacial score (nSPS) is 11.4. The Hall–Kier alpha value is -3.07. The number of Topliss-reactive ketones (excluding diaryl/α,β-unsaturated/α-hetero) is 1. The topological polar surface area (TPSA) is 83.8 Å². The molecule has 5 nitrogen and oxygen atoms in total. The first-order chi connectivity index (χ1) is 14.2. The van der Waals surface area contributed by atoms with Crippen LogP contribution in [0.3, 0.4) is 0 Å². The zero-order valence-electron chi connectivity index (χ0n) is 15.4. The van der Waals surface area contributed by atoms with Crippen molar-refractivity contribution in [2.24, 2.45) is 4.99 Å².